The van der Waals surface area contributed by atoms with Crippen LogP contribution in [0.2, 0.25) is 0 Å². The number of nitrogens with zero attached hydrogens (tertiary/aromatic N) is 2. The molecule has 6 heteroatoms. The van der Waals surface area contributed by atoms with Gasteiger partial charge in [-0.05, 0) is 24.6 Å². The minimum atomic E-state index is -3.62. The molecule has 1 aliphatic rings. The molecule has 0 saturated carbocycles. The van der Waals surface area contributed by atoms with Crippen LogP contribution < -0.4 is 0 Å². The first-order valence-corrected chi connectivity index (χ1v) is 10.6. The maximum Gasteiger partial charge on any atom is 0.264 e. The van der Waals surface area contributed by atoms with Gasteiger partial charge >= 0.3 is 0 Å². The number of hydrogen-bond acceptors (Lipinski definition) is 4. The normalized spacial score (nSPS) is 15.9. The van der Waals surface area contributed by atoms with Gasteiger partial charge in [0, 0.05) is 25.8 Å². The van der Waals surface area contributed by atoms with Gasteiger partial charge in [-0.1, -0.05) is 54.1 Å². The molecule has 0 aromatic heterocycles. The molecule has 0 amide bonds. The minimum Gasteiger partial charge on any atom is -0.379 e. The molecule has 1 aliphatic heterocycles. The van der Waals surface area contributed by atoms with Crippen LogP contribution in [-0.2, 0) is 21.3 Å². The minimum absolute atomic E-state index is 0.302. The van der Waals surface area contributed by atoms with Crippen molar-refractivity contribution in [3.63, 3.8) is 0 Å². The van der Waals surface area contributed by atoms with Crippen molar-refractivity contribution in [2.24, 2.45) is 0 Å². The number of sulfonamides is 1. The standard InChI is InChI=1S/C21H26N2O3S/c1-19-8-10-21(11-9-19)27(24,25)23(18-20-6-3-2-4-7-20)13-5-12-22-14-16-26-17-15-22/h2-11,13H,12,14-18H2,1H3. The third-order valence-corrected chi connectivity index (χ3v) is 6.28. The van der Waals surface area contributed by atoms with E-state index in [0.717, 1.165) is 37.4 Å². The van der Waals surface area contributed by atoms with Gasteiger partial charge in [-0.3, -0.25) is 9.21 Å². The van der Waals surface area contributed by atoms with E-state index < -0.39 is 10.0 Å². The Bertz CT molecular complexity index is 843. The maximum absolute atomic E-state index is 13.2. The molecule has 0 atom stereocenters. The van der Waals surface area contributed by atoms with Crippen LogP contribution in [0.4, 0.5) is 0 Å². The summed E-state index contributed by atoms with van der Waals surface area (Å²) in [5.41, 5.74) is 1.98. The van der Waals surface area contributed by atoms with E-state index >= 15 is 0 Å². The van der Waals surface area contributed by atoms with Gasteiger partial charge in [-0.15, -0.1) is 0 Å². The van der Waals surface area contributed by atoms with E-state index in [0.29, 0.717) is 18.0 Å². The topological polar surface area (TPSA) is 49.9 Å². The molecule has 0 unspecified atom stereocenters. The molecule has 0 aliphatic carbocycles. The highest BCUT2D eigenvalue weighted by molar-refractivity contribution is 7.89. The van der Waals surface area contributed by atoms with E-state index in [9.17, 15) is 8.42 Å². The predicted molar refractivity (Wildman–Crippen MR) is 107 cm³/mol. The van der Waals surface area contributed by atoms with Gasteiger partial charge in [-0.2, -0.15) is 0 Å². The van der Waals surface area contributed by atoms with Crippen LogP contribution in [-0.4, -0.2) is 50.5 Å². The lowest BCUT2D eigenvalue weighted by Crippen LogP contribution is -2.36. The Morgan fingerprint density at radius 3 is 2.37 bits per heavy atom. The Morgan fingerprint density at radius 2 is 1.70 bits per heavy atom. The van der Waals surface area contributed by atoms with Crippen molar-refractivity contribution in [1.82, 2.24) is 9.21 Å². The summed E-state index contributed by atoms with van der Waals surface area (Å²) in [5.74, 6) is 0. The van der Waals surface area contributed by atoms with Crippen LogP contribution >= 0.6 is 0 Å². The molecule has 2 aromatic rings. The lowest BCUT2D eigenvalue weighted by Gasteiger charge is -2.26. The molecule has 5 nitrogen and oxygen atoms in total. The summed E-state index contributed by atoms with van der Waals surface area (Å²) >= 11 is 0. The highest BCUT2D eigenvalue weighted by atomic mass is 32.2. The van der Waals surface area contributed by atoms with Crippen molar-refractivity contribution >= 4 is 10.0 Å². The molecular formula is C21H26N2O3S. The number of benzene rings is 2. The summed E-state index contributed by atoms with van der Waals surface area (Å²) in [4.78, 5) is 2.55. The average Bonchev–Trinajstić information content (AvgIpc) is 2.69. The van der Waals surface area contributed by atoms with Crippen LogP contribution in [0.3, 0.4) is 0 Å². The first-order chi connectivity index (χ1) is 13.1. The third-order valence-electron chi connectivity index (χ3n) is 4.55. The number of aryl methyl sites for hydroxylation is 1. The lowest BCUT2D eigenvalue weighted by atomic mass is 10.2. The largest absolute Gasteiger partial charge is 0.379 e. The van der Waals surface area contributed by atoms with E-state index in [4.69, 9.17) is 4.74 Å². The Hall–Kier alpha value is -2.15. The fraction of sp³-hybridized carbons (Fsp3) is 0.333. The van der Waals surface area contributed by atoms with Gasteiger partial charge in [-0.25, -0.2) is 8.42 Å². The van der Waals surface area contributed by atoms with Crippen LogP contribution in [0.5, 0.6) is 0 Å². The summed E-state index contributed by atoms with van der Waals surface area (Å²) in [6.07, 6.45) is 3.61. The fourth-order valence-electron chi connectivity index (χ4n) is 2.92. The van der Waals surface area contributed by atoms with Gasteiger partial charge < -0.3 is 4.74 Å². The molecule has 27 heavy (non-hydrogen) atoms. The molecule has 144 valence electrons. The number of ether oxygens (including phenoxy) is 1. The molecule has 0 spiro atoms. The second-order valence-corrected chi connectivity index (χ2v) is 8.54. The maximum atomic E-state index is 13.2. The zero-order chi connectivity index (χ0) is 19.1. The van der Waals surface area contributed by atoms with E-state index in [2.05, 4.69) is 4.90 Å². The molecule has 1 fully saturated rings. The van der Waals surface area contributed by atoms with Crippen LogP contribution in [0.15, 0.2) is 71.8 Å². The summed E-state index contributed by atoms with van der Waals surface area (Å²) in [6.45, 7) is 6.14. The van der Waals surface area contributed by atoms with E-state index in [-0.39, 0.29) is 0 Å². The van der Waals surface area contributed by atoms with Crippen molar-refractivity contribution in [2.75, 3.05) is 32.8 Å². The molecule has 3 rings (SSSR count). The summed E-state index contributed by atoms with van der Waals surface area (Å²) in [5, 5.41) is 0. The summed E-state index contributed by atoms with van der Waals surface area (Å²) < 4.78 is 33.1. The second kappa shape index (κ2) is 9.17. The molecule has 2 aromatic carbocycles. The number of morpholine rings is 1. The van der Waals surface area contributed by atoms with Gasteiger partial charge in [0.25, 0.3) is 10.0 Å². The Kier molecular flexibility index (Phi) is 6.66. The quantitative estimate of drug-likeness (QED) is 0.734. The number of hydrogen-bond donors (Lipinski definition) is 0. The monoisotopic (exact) mass is 386 g/mol. The van der Waals surface area contributed by atoms with Crippen LogP contribution in [0, 0.1) is 6.92 Å². The Morgan fingerprint density at radius 1 is 1.04 bits per heavy atom. The Labute approximate surface area is 161 Å². The van der Waals surface area contributed by atoms with Gasteiger partial charge in [0.2, 0.25) is 0 Å². The summed E-state index contributed by atoms with van der Waals surface area (Å²) in [6, 6.07) is 16.6. The van der Waals surface area contributed by atoms with Crippen molar-refractivity contribution in [3.05, 3.63) is 78.0 Å². The molecule has 1 saturated heterocycles. The van der Waals surface area contributed by atoms with Gasteiger partial charge in [0.05, 0.1) is 24.7 Å². The highest BCUT2D eigenvalue weighted by Crippen LogP contribution is 2.19. The molecular weight excluding hydrogens is 360 g/mol. The van der Waals surface area contributed by atoms with Crippen molar-refractivity contribution in [3.8, 4) is 0 Å². The van der Waals surface area contributed by atoms with Crippen molar-refractivity contribution in [2.45, 2.75) is 18.4 Å². The first-order valence-electron chi connectivity index (χ1n) is 9.15. The van der Waals surface area contributed by atoms with Gasteiger partial charge in [0.1, 0.15) is 0 Å². The molecule has 1 heterocycles. The van der Waals surface area contributed by atoms with Crippen LogP contribution in [0.1, 0.15) is 11.1 Å². The first kappa shape index (κ1) is 19.6. The highest BCUT2D eigenvalue weighted by Gasteiger charge is 2.21. The lowest BCUT2D eigenvalue weighted by molar-refractivity contribution is 0.0433. The van der Waals surface area contributed by atoms with Gasteiger partial charge in [0.15, 0.2) is 0 Å². The van der Waals surface area contributed by atoms with E-state index in [1.807, 2.05) is 55.5 Å². The average molecular weight is 387 g/mol. The van der Waals surface area contributed by atoms with Crippen LogP contribution in [0.25, 0.3) is 0 Å². The fourth-order valence-corrected chi connectivity index (χ4v) is 4.24. The molecule has 0 bridgehead atoms. The Balaban J connectivity index is 1.80. The second-order valence-electron chi connectivity index (χ2n) is 6.65. The zero-order valence-electron chi connectivity index (χ0n) is 15.6. The SMILES string of the molecule is Cc1ccc(S(=O)(=O)N(C=CCN2CCOCC2)Cc2ccccc2)cc1. The molecule has 0 N–H and O–H groups in total. The van der Waals surface area contributed by atoms with E-state index in [1.165, 1.54) is 4.31 Å². The third kappa shape index (κ3) is 5.42. The molecule has 0 radical (unpaired) electrons. The van der Waals surface area contributed by atoms with Crippen molar-refractivity contribution in [1.29, 1.82) is 0 Å². The zero-order valence-corrected chi connectivity index (χ0v) is 16.4. The summed E-state index contributed by atoms with van der Waals surface area (Å²) in [7, 11) is -3.62. The number of rotatable bonds is 7. The predicted octanol–water partition coefficient (Wildman–Crippen LogP) is 3.03. The smallest absolute Gasteiger partial charge is 0.264 e. The van der Waals surface area contributed by atoms with Crippen molar-refractivity contribution < 1.29 is 13.2 Å². The van der Waals surface area contributed by atoms with E-state index in [1.54, 1.807) is 18.3 Å².